The number of aromatic amines is 4. The summed E-state index contributed by atoms with van der Waals surface area (Å²) in [5.41, 5.74) is 6.97. The van der Waals surface area contributed by atoms with Crippen LogP contribution in [0.25, 0.3) is 0 Å². The molecular formula is C92H120ClN9Na2O33S5. The van der Waals surface area contributed by atoms with Gasteiger partial charge >= 0.3 is 101 Å². The third kappa shape index (κ3) is 40.9. The molecule has 0 aliphatic rings. The van der Waals surface area contributed by atoms with E-state index in [1.54, 1.807) is 120 Å². The Balaban J connectivity index is -0.000000804. The van der Waals surface area contributed by atoms with E-state index in [0.717, 1.165) is 6.92 Å². The minimum Gasteiger partial charge on any atom is -0.870 e. The standard InChI is InChI=1S/C19H24N2O5S.C18H20N2O6S.C17H20N2O5S.C17H19NO6S.C12H14O5S.C4H7NO3.C2H7N.C2H4O2.CH4.ClH.2Na.H2O/c1-5-26-19(23)15-8-6-7-9-16(15)27(24,25)18-13(2)20-12-14(18)10-11-17(22)21(3)4;1-11-17(12(14(10-21)19-11)8-9-16(22)20(2)3)27(25,26)15-7-5-4-6-13(15)18(23)24;1-11-16(12(10-18-11)8-9-15(20)19(2)3)25(23,24)14-7-5-4-6-13(14)17(21)22;1-3-24-17(21)13-6-4-5-7-14(13)25(22,23)16-11(2)18-10-12(16)8-9-15(19)20;1-3-17-12(14)10-6-4-5-7-11(10)18(15,16)8-9(2)13;5-3(6)1-2-4(7)8;1-3-2;1-2(3)4;;;;;/h6-9,12,20H,5,10-11H2,1-4H3;4-7,10,19H,8-9H2,1-3H3,(H,23,24);4-7,10,18H,8-9H2,1-3H3,(H,21,22);4-7,10,18H,3,8-9H2,1-2H3,(H,19,20);4-7H,3,8H2,1-2H3;1-2H2,(H2,5,6)(H,7,8);3H,1-2H3;1H3,(H,3,4);1H4;1H;;;1H2/q;;;;;;;;;;2*+1;/p-2. The first-order valence-corrected chi connectivity index (χ1v) is 48.9. The van der Waals surface area contributed by atoms with Crippen LogP contribution in [0.4, 0.5) is 0 Å². The molecule has 142 heavy (non-hydrogen) atoms. The average molecular weight is 2120 g/mol. The third-order valence-electron chi connectivity index (χ3n) is 18.5. The molecule has 0 unspecified atom stereocenters. The number of primary amides is 1. The second kappa shape index (κ2) is 64.6. The number of sulfone groups is 5. The number of hydrogen-bond acceptors (Lipinski definition) is 30. The van der Waals surface area contributed by atoms with Crippen LogP contribution in [0.1, 0.15) is 188 Å². The van der Waals surface area contributed by atoms with Gasteiger partial charge in [0.1, 0.15) is 11.5 Å². The molecule has 42 nitrogen and oxygen atoms in total. The number of benzene rings is 5. The SMILES string of the molecule is C.CC(=O)[O-].CCOC(=O)c1ccccc1S(=O)(=O)CC(C)=O.CCOC(=O)c1ccccc1S(=O)(=O)c1c(CCC(=O)N(C)C)c[nH]c1C.CCOC(=O)c1ccccc1S(=O)(=O)c1c(CCC(=O)O)c[nH]c1C.CNC.Cc1[nH]c(C=O)c(CCC(=O)N(C)C)c1S(=O)(=O)c1ccccc1C(=O)O.Cc1[nH]cc(CCC(=O)N(C)C)c1S(=O)(=O)c1ccccc1C(=O)O.Cl.NC(=O)CCC(=O)O.[Na+].[Na+].[OH-]. The molecule has 12 N–H and O–H groups in total. The number of nitrogens with zero attached hydrogens (tertiary/aromatic N) is 3. The molecule has 50 heteroatoms. The molecule has 0 radical (unpaired) electrons. The van der Waals surface area contributed by atoms with Crippen LogP contribution < -0.4 is 75.3 Å². The van der Waals surface area contributed by atoms with Gasteiger partial charge in [0, 0.05) is 127 Å². The van der Waals surface area contributed by atoms with Crippen molar-refractivity contribution < 1.29 is 214 Å². The molecular weight excluding hydrogens is 2000 g/mol. The average Bonchev–Trinajstić information content (AvgIpc) is 1.58. The number of hydrogen-bond donors (Lipinski definition) is 10. The van der Waals surface area contributed by atoms with Gasteiger partial charge in [0.25, 0.3) is 0 Å². The number of aromatic carboxylic acids is 2. The van der Waals surface area contributed by atoms with Crippen LogP contribution in [0.2, 0.25) is 0 Å². The molecule has 770 valence electrons. The Labute approximate surface area is 875 Å². The maximum absolute atomic E-state index is 13.3. The van der Waals surface area contributed by atoms with Crippen LogP contribution in [0.3, 0.4) is 0 Å². The molecule has 0 atom stereocenters. The largest absolute Gasteiger partial charge is 1.00 e. The van der Waals surface area contributed by atoms with Crippen molar-refractivity contribution in [2.45, 2.75) is 178 Å². The number of rotatable bonds is 35. The number of carbonyl (C=O) groups excluding carboxylic acids is 10. The zero-order chi connectivity index (χ0) is 105. The number of aromatic nitrogens is 4. The van der Waals surface area contributed by atoms with E-state index >= 15 is 0 Å². The van der Waals surface area contributed by atoms with Crippen LogP contribution >= 0.6 is 12.4 Å². The molecule has 4 amide bonds. The second-order valence-electron chi connectivity index (χ2n) is 29.7. The summed E-state index contributed by atoms with van der Waals surface area (Å²) in [5, 5.41) is 47.0. The molecule has 0 fully saturated rings. The van der Waals surface area contributed by atoms with Crippen molar-refractivity contribution in [3.8, 4) is 0 Å². The molecule has 0 spiro atoms. The number of ketones is 1. The van der Waals surface area contributed by atoms with Crippen molar-refractivity contribution >= 4 is 145 Å². The minimum atomic E-state index is -4.23. The molecule has 9 rings (SSSR count). The number of amides is 4. The summed E-state index contributed by atoms with van der Waals surface area (Å²) in [4.78, 5) is 170. The van der Waals surface area contributed by atoms with Crippen LogP contribution in [0.15, 0.2) is 184 Å². The van der Waals surface area contributed by atoms with Crippen LogP contribution in [-0.2, 0) is 127 Å². The maximum atomic E-state index is 13.3. The number of esters is 3. The van der Waals surface area contributed by atoms with Crippen molar-refractivity contribution in [2.24, 2.45) is 5.73 Å². The Morgan fingerprint density at radius 1 is 0.415 bits per heavy atom. The van der Waals surface area contributed by atoms with Gasteiger partial charge in [0.2, 0.25) is 63.0 Å². The van der Waals surface area contributed by atoms with Crippen molar-refractivity contribution in [3.63, 3.8) is 0 Å². The van der Waals surface area contributed by atoms with Gasteiger partial charge < -0.3 is 95.7 Å². The summed E-state index contributed by atoms with van der Waals surface area (Å²) >= 11 is 0. The van der Waals surface area contributed by atoms with Gasteiger partial charge in [0.05, 0.1) is 104 Å². The molecule has 0 aliphatic heterocycles. The Morgan fingerprint density at radius 3 is 0.923 bits per heavy atom. The summed E-state index contributed by atoms with van der Waals surface area (Å²) in [7, 11) is -6.61. The minimum absolute atomic E-state index is 0. The monoisotopic (exact) mass is 2120 g/mol. The third-order valence-corrected chi connectivity index (χ3v) is 28.5. The van der Waals surface area contributed by atoms with E-state index in [0.29, 0.717) is 40.1 Å². The van der Waals surface area contributed by atoms with E-state index in [1.807, 2.05) is 14.1 Å². The van der Waals surface area contributed by atoms with Crippen molar-refractivity contribution in [1.29, 1.82) is 0 Å². The summed E-state index contributed by atoms with van der Waals surface area (Å²) in [6.07, 6.45) is 5.64. The summed E-state index contributed by atoms with van der Waals surface area (Å²) in [6, 6.07) is 28.2. The Hall–Kier alpha value is -11.8. The number of aryl methyl sites for hydroxylation is 7. The number of carboxylic acids is 5. The first-order valence-electron chi connectivity index (χ1n) is 41.3. The predicted octanol–water partition coefficient (Wildman–Crippen LogP) is 2.31. The number of carbonyl (C=O) groups is 14. The number of H-pyrrole nitrogens is 4. The van der Waals surface area contributed by atoms with Gasteiger partial charge in [-0.3, -0.25) is 38.4 Å². The Bertz CT molecular complexity index is 6430. The van der Waals surface area contributed by atoms with E-state index in [1.165, 1.54) is 132 Å². The molecule has 0 bridgehead atoms. The fraction of sp³-hybridized carbons (Fsp3) is 0.348. The number of aliphatic carboxylic acids is 3. The zero-order valence-electron chi connectivity index (χ0n) is 81.3. The quantitative estimate of drug-likeness (QED) is 0.0118. The number of aldehydes is 1. The van der Waals surface area contributed by atoms with Crippen molar-refractivity contribution in [1.82, 2.24) is 40.0 Å². The Morgan fingerprint density at radius 2 is 0.669 bits per heavy atom. The fourth-order valence-corrected chi connectivity index (χ4v) is 21.5. The molecule has 0 saturated heterocycles. The summed E-state index contributed by atoms with van der Waals surface area (Å²) < 4.78 is 144. The predicted molar refractivity (Wildman–Crippen MR) is 511 cm³/mol. The van der Waals surface area contributed by atoms with Gasteiger partial charge in [-0.2, -0.15) is 0 Å². The number of nitrogens with two attached hydrogens (primary N) is 1. The van der Waals surface area contributed by atoms with Crippen molar-refractivity contribution in [2.75, 3.05) is 82.0 Å². The maximum Gasteiger partial charge on any atom is 1.00 e. The molecule has 9 aromatic rings. The first kappa shape index (κ1) is 136. The van der Waals surface area contributed by atoms with Gasteiger partial charge in [-0.25, -0.2) is 66.1 Å². The van der Waals surface area contributed by atoms with Crippen molar-refractivity contribution in [3.05, 3.63) is 218 Å². The fourth-order valence-electron chi connectivity index (χ4n) is 12.4. The molecule has 5 aromatic carbocycles. The zero-order valence-corrected chi connectivity index (χ0v) is 90.2. The molecule has 0 aliphatic carbocycles. The smallest absolute Gasteiger partial charge is 0.870 e. The topological polar surface area (TPSA) is 682 Å². The van der Waals surface area contributed by atoms with E-state index < -0.39 is 114 Å². The van der Waals surface area contributed by atoms with E-state index in [2.05, 4.69) is 31.0 Å². The van der Waals surface area contributed by atoms with Crippen LogP contribution in [-0.4, -0.2) is 268 Å². The van der Waals surface area contributed by atoms with Crippen LogP contribution in [0, 0.1) is 27.7 Å². The summed E-state index contributed by atoms with van der Waals surface area (Å²) in [5.74, 6) is -10.0. The summed E-state index contributed by atoms with van der Waals surface area (Å²) in [6.45, 7) is 13.8. The number of Topliss-reactive ketones (excluding diaryl/α,β-unsaturated/α-hetero) is 1. The van der Waals surface area contributed by atoms with E-state index in [9.17, 15) is 115 Å². The van der Waals surface area contributed by atoms with E-state index in [-0.39, 0.29) is 275 Å². The number of carboxylic acid groups (broad SMARTS) is 5. The van der Waals surface area contributed by atoms with Gasteiger partial charge in [-0.15, -0.1) is 12.4 Å². The molecule has 0 saturated carbocycles. The van der Waals surface area contributed by atoms with Gasteiger partial charge in [-0.05, 0) is 179 Å². The van der Waals surface area contributed by atoms with Gasteiger partial charge in [-0.1, -0.05) is 68.1 Å². The Kier molecular flexibility index (Phi) is 62.1. The number of ether oxygens (including phenoxy) is 3. The van der Waals surface area contributed by atoms with E-state index in [4.69, 9.17) is 34.3 Å². The molecule has 4 heterocycles. The first-order chi connectivity index (χ1) is 63.9. The van der Waals surface area contributed by atoms with Gasteiger partial charge in [0.15, 0.2) is 16.1 Å². The second-order valence-corrected chi connectivity index (χ2v) is 39.1. The number of nitrogens with one attached hydrogen (secondary N) is 5. The normalized spacial score (nSPS) is 10.4. The van der Waals surface area contributed by atoms with Crippen LogP contribution in [0.5, 0.6) is 0 Å². The molecule has 4 aromatic heterocycles. The number of halogens is 1.